The summed E-state index contributed by atoms with van der Waals surface area (Å²) in [6.07, 6.45) is 3.32. The molecule has 0 radical (unpaired) electrons. The number of halogens is 1. The van der Waals surface area contributed by atoms with Crippen molar-refractivity contribution in [1.29, 1.82) is 0 Å². The van der Waals surface area contributed by atoms with E-state index in [0.717, 1.165) is 19.3 Å². The van der Waals surface area contributed by atoms with Gasteiger partial charge in [-0.2, -0.15) is 0 Å². The second kappa shape index (κ2) is 6.23. The van der Waals surface area contributed by atoms with E-state index < -0.39 is 0 Å². The minimum atomic E-state index is -0.0459. The molecule has 1 fully saturated rings. The Balaban J connectivity index is 2.08. The fourth-order valence-electron chi connectivity index (χ4n) is 2.26. The highest BCUT2D eigenvalue weighted by molar-refractivity contribution is 9.09. The van der Waals surface area contributed by atoms with E-state index in [1.54, 1.807) is 6.07 Å². The van der Waals surface area contributed by atoms with E-state index in [0.29, 0.717) is 22.7 Å². The van der Waals surface area contributed by atoms with Crippen LogP contribution >= 0.6 is 15.9 Å². The predicted octanol–water partition coefficient (Wildman–Crippen LogP) is 3.13. The third-order valence-corrected chi connectivity index (χ3v) is 4.28. The Bertz CT molecular complexity index is 422. The minimum Gasteiger partial charge on any atom is -0.493 e. The molecule has 4 heteroatoms. The van der Waals surface area contributed by atoms with Crippen LogP contribution in [0.5, 0.6) is 5.75 Å². The van der Waals surface area contributed by atoms with Crippen LogP contribution in [0.1, 0.15) is 36.5 Å². The van der Waals surface area contributed by atoms with Gasteiger partial charge in [0.05, 0.1) is 12.2 Å². The van der Waals surface area contributed by atoms with Gasteiger partial charge in [-0.1, -0.05) is 34.5 Å². The first-order valence-corrected chi connectivity index (χ1v) is 7.30. The molecule has 1 aliphatic carbocycles. The van der Waals surface area contributed by atoms with E-state index in [9.17, 15) is 4.79 Å². The van der Waals surface area contributed by atoms with Gasteiger partial charge in [0.2, 0.25) is 0 Å². The number of benzene rings is 1. The number of rotatable bonds is 4. The fourth-order valence-corrected chi connectivity index (χ4v) is 2.98. The standard InChI is InChI=1S/C14H18BrNO2/c1-2-18-13-9-4-3-6-10(13)14(17)16-12-8-5-7-11(12)15/h3-4,6,9,11-12H,2,5,7-8H2,1H3,(H,16,17). The number of ether oxygens (including phenoxy) is 1. The molecule has 2 rings (SSSR count). The summed E-state index contributed by atoms with van der Waals surface area (Å²) in [5.41, 5.74) is 0.617. The van der Waals surface area contributed by atoms with Gasteiger partial charge in [-0.25, -0.2) is 0 Å². The number of hydrogen-bond donors (Lipinski definition) is 1. The first-order valence-electron chi connectivity index (χ1n) is 6.39. The summed E-state index contributed by atoms with van der Waals surface area (Å²) in [6.45, 7) is 2.48. The largest absolute Gasteiger partial charge is 0.493 e. The smallest absolute Gasteiger partial charge is 0.255 e. The van der Waals surface area contributed by atoms with Gasteiger partial charge in [0.25, 0.3) is 5.91 Å². The molecule has 1 aromatic rings. The van der Waals surface area contributed by atoms with Crippen LogP contribution < -0.4 is 10.1 Å². The Morgan fingerprint density at radius 3 is 2.89 bits per heavy atom. The van der Waals surface area contributed by atoms with Crippen LogP contribution in [0.25, 0.3) is 0 Å². The van der Waals surface area contributed by atoms with Gasteiger partial charge < -0.3 is 10.1 Å². The molecule has 1 saturated carbocycles. The Labute approximate surface area is 116 Å². The average molecular weight is 312 g/mol. The number of para-hydroxylation sites is 1. The van der Waals surface area contributed by atoms with Gasteiger partial charge in [-0.05, 0) is 31.9 Å². The first kappa shape index (κ1) is 13.4. The monoisotopic (exact) mass is 311 g/mol. The van der Waals surface area contributed by atoms with E-state index >= 15 is 0 Å². The van der Waals surface area contributed by atoms with E-state index in [4.69, 9.17) is 4.74 Å². The molecule has 0 aromatic heterocycles. The van der Waals surface area contributed by atoms with Crippen molar-refractivity contribution in [3.8, 4) is 5.75 Å². The quantitative estimate of drug-likeness (QED) is 0.868. The maximum atomic E-state index is 12.2. The van der Waals surface area contributed by atoms with Crippen molar-refractivity contribution in [2.24, 2.45) is 0 Å². The highest BCUT2D eigenvalue weighted by atomic mass is 79.9. The zero-order valence-electron chi connectivity index (χ0n) is 10.5. The zero-order chi connectivity index (χ0) is 13.0. The summed E-state index contributed by atoms with van der Waals surface area (Å²) < 4.78 is 5.48. The molecule has 1 aromatic carbocycles. The Kier molecular flexibility index (Phi) is 4.64. The number of amides is 1. The second-order valence-electron chi connectivity index (χ2n) is 4.46. The van der Waals surface area contributed by atoms with Crippen molar-refractivity contribution < 1.29 is 9.53 Å². The molecule has 1 aliphatic rings. The van der Waals surface area contributed by atoms with E-state index in [-0.39, 0.29) is 11.9 Å². The minimum absolute atomic E-state index is 0.0459. The normalized spacial score (nSPS) is 22.8. The topological polar surface area (TPSA) is 38.3 Å². The van der Waals surface area contributed by atoms with Crippen LogP contribution in [0.3, 0.4) is 0 Å². The molecule has 18 heavy (non-hydrogen) atoms. The van der Waals surface area contributed by atoms with Crippen LogP contribution in [-0.2, 0) is 0 Å². The summed E-state index contributed by atoms with van der Waals surface area (Å²) in [7, 11) is 0. The van der Waals surface area contributed by atoms with E-state index in [2.05, 4.69) is 21.2 Å². The molecule has 0 heterocycles. The molecule has 0 bridgehead atoms. The lowest BCUT2D eigenvalue weighted by Gasteiger charge is -2.17. The Hall–Kier alpha value is -1.03. The number of carbonyl (C=O) groups excluding carboxylic acids is 1. The van der Waals surface area contributed by atoms with Crippen LogP contribution in [0.15, 0.2) is 24.3 Å². The molecule has 2 unspecified atom stereocenters. The van der Waals surface area contributed by atoms with Crippen molar-refractivity contribution in [1.82, 2.24) is 5.32 Å². The lowest BCUT2D eigenvalue weighted by Crippen LogP contribution is -2.37. The Morgan fingerprint density at radius 2 is 2.22 bits per heavy atom. The molecular formula is C14H18BrNO2. The van der Waals surface area contributed by atoms with Gasteiger partial charge >= 0.3 is 0 Å². The van der Waals surface area contributed by atoms with Gasteiger partial charge in [-0.15, -0.1) is 0 Å². The van der Waals surface area contributed by atoms with Crippen molar-refractivity contribution in [2.75, 3.05) is 6.61 Å². The van der Waals surface area contributed by atoms with Crippen molar-refractivity contribution in [3.63, 3.8) is 0 Å². The summed E-state index contributed by atoms with van der Waals surface area (Å²) >= 11 is 3.61. The summed E-state index contributed by atoms with van der Waals surface area (Å²) in [5.74, 6) is 0.608. The number of alkyl halides is 1. The second-order valence-corrected chi connectivity index (χ2v) is 5.63. The lowest BCUT2D eigenvalue weighted by atomic mass is 10.1. The predicted molar refractivity (Wildman–Crippen MR) is 75.4 cm³/mol. The molecular weight excluding hydrogens is 294 g/mol. The number of nitrogens with one attached hydrogen (secondary N) is 1. The van der Waals surface area contributed by atoms with E-state index in [1.165, 1.54) is 0 Å². The summed E-state index contributed by atoms with van der Waals surface area (Å²) in [5, 5.41) is 3.08. The molecule has 1 N–H and O–H groups in total. The summed E-state index contributed by atoms with van der Waals surface area (Å²) in [4.78, 5) is 12.6. The van der Waals surface area contributed by atoms with Crippen molar-refractivity contribution >= 4 is 21.8 Å². The third kappa shape index (κ3) is 3.05. The van der Waals surface area contributed by atoms with Crippen LogP contribution in [0.4, 0.5) is 0 Å². The first-order chi connectivity index (χ1) is 8.72. The molecule has 2 atom stereocenters. The molecule has 0 spiro atoms. The zero-order valence-corrected chi connectivity index (χ0v) is 12.1. The maximum Gasteiger partial charge on any atom is 0.255 e. The lowest BCUT2D eigenvalue weighted by molar-refractivity contribution is 0.0935. The average Bonchev–Trinajstić information content (AvgIpc) is 2.76. The van der Waals surface area contributed by atoms with Gasteiger partial charge in [0.1, 0.15) is 5.75 Å². The Morgan fingerprint density at radius 1 is 1.44 bits per heavy atom. The molecule has 3 nitrogen and oxygen atoms in total. The van der Waals surface area contributed by atoms with Crippen molar-refractivity contribution in [3.05, 3.63) is 29.8 Å². The van der Waals surface area contributed by atoms with Gasteiger partial charge in [0, 0.05) is 10.9 Å². The van der Waals surface area contributed by atoms with Gasteiger partial charge in [0.15, 0.2) is 0 Å². The fraction of sp³-hybridized carbons (Fsp3) is 0.500. The third-order valence-electron chi connectivity index (χ3n) is 3.18. The maximum absolute atomic E-state index is 12.2. The molecule has 1 amide bonds. The molecule has 0 saturated heterocycles. The summed E-state index contributed by atoms with van der Waals surface area (Å²) in [6, 6.07) is 7.60. The van der Waals surface area contributed by atoms with Crippen LogP contribution in [0, 0.1) is 0 Å². The van der Waals surface area contributed by atoms with E-state index in [1.807, 2.05) is 25.1 Å². The highest BCUT2D eigenvalue weighted by Crippen LogP contribution is 2.26. The van der Waals surface area contributed by atoms with Crippen LogP contribution in [-0.4, -0.2) is 23.4 Å². The number of carbonyl (C=O) groups is 1. The molecule has 0 aliphatic heterocycles. The SMILES string of the molecule is CCOc1ccccc1C(=O)NC1CCCC1Br. The molecule has 98 valence electrons. The van der Waals surface area contributed by atoms with Crippen LogP contribution in [0.2, 0.25) is 0 Å². The van der Waals surface area contributed by atoms with Crippen molar-refractivity contribution in [2.45, 2.75) is 37.1 Å². The van der Waals surface area contributed by atoms with Gasteiger partial charge in [-0.3, -0.25) is 4.79 Å². The highest BCUT2D eigenvalue weighted by Gasteiger charge is 2.27. The number of hydrogen-bond acceptors (Lipinski definition) is 2.